The second kappa shape index (κ2) is 17.9. The SMILES string of the molecule is [C-]#[N+]c1cccc(-c2ccc(-c3nc(-c4ccc(-c5cccc(C#N)c5)c(-n5c6ccccc6c6ccccc65)c4)nc(-c4ccccc4-c4cccc(C#N)c4)n3)cc2-n2c3ccccc3c3ccccc32)c1. The van der Waals surface area contributed by atoms with Crippen LogP contribution in [0.3, 0.4) is 0 Å². The standard InChI is InChI=1S/C66H38N8/c1-69-49-20-14-19-46(37-49)52-34-32-48(39-63(52)74-60-29-10-6-24-55(60)56-25-7-11-30-61(56)74)65-70-64(71-66(72-65)57-26-3-2-21-50(57)44-17-12-15-42(35-44)40-67)47-31-33-51(45-18-13-16-43(36-45)41-68)62(38-47)73-58-27-8-4-22-53(58)54-23-5-9-28-59(54)73/h2-39H. The number of nitriles is 2. The van der Waals surface area contributed by atoms with Crippen molar-refractivity contribution in [2.24, 2.45) is 0 Å². The summed E-state index contributed by atoms with van der Waals surface area (Å²) in [7, 11) is 0. The number of rotatable bonds is 8. The summed E-state index contributed by atoms with van der Waals surface area (Å²) in [5.41, 5.74) is 15.3. The Labute approximate surface area is 426 Å². The van der Waals surface area contributed by atoms with Gasteiger partial charge in [0.05, 0.1) is 63.3 Å². The van der Waals surface area contributed by atoms with Crippen molar-refractivity contribution in [1.29, 1.82) is 10.5 Å². The van der Waals surface area contributed by atoms with Crippen molar-refractivity contribution in [3.63, 3.8) is 0 Å². The highest BCUT2D eigenvalue weighted by molar-refractivity contribution is 6.11. The molecule has 13 rings (SSSR count). The van der Waals surface area contributed by atoms with Gasteiger partial charge in [-0.25, -0.2) is 19.8 Å². The molecule has 0 amide bonds. The number of hydrogen-bond acceptors (Lipinski definition) is 5. The van der Waals surface area contributed by atoms with Crippen molar-refractivity contribution in [3.8, 4) is 91.1 Å². The molecule has 13 aromatic rings. The third kappa shape index (κ3) is 7.33. The molecule has 8 heteroatoms. The van der Waals surface area contributed by atoms with E-state index in [0.717, 1.165) is 105 Å². The minimum absolute atomic E-state index is 0.456. The Balaban J connectivity index is 1.09. The van der Waals surface area contributed by atoms with Gasteiger partial charge >= 0.3 is 0 Å². The topological polar surface area (TPSA) is 100 Å². The first kappa shape index (κ1) is 43.3. The lowest BCUT2D eigenvalue weighted by Crippen LogP contribution is -2.04. The van der Waals surface area contributed by atoms with Crippen LogP contribution in [0.4, 0.5) is 5.69 Å². The highest BCUT2D eigenvalue weighted by Gasteiger charge is 2.22. The number of aromatic nitrogens is 5. The third-order valence-corrected chi connectivity index (χ3v) is 13.8. The summed E-state index contributed by atoms with van der Waals surface area (Å²) >= 11 is 0. The fraction of sp³-hybridized carbons (Fsp3) is 0. The van der Waals surface area contributed by atoms with Crippen LogP contribution >= 0.6 is 0 Å². The average Bonchev–Trinajstić information content (AvgIpc) is 4.03. The Hall–Kier alpha value is -10.7. The van der Waals surface area contributed by atoms with Gasteiger partial charge in [-0.3, -0.25) is 0 Å². The van der Waals surface area contributed by atoms with Gasteiger partial charge in [-0.1, -0.05) is 164 Å². The maximum Gasteiger partial charge on any atom is 0.187 e. The fourth-order valence-electron chi connectivity index (χ4n) is 10.5. The Morgan fingerprint density at radius 3 is 1.19 bits per heavy atom. The van der Waals surface area contributed by atoms with Crippen LogP contribution in [0.15, 0.2) is 231 Å². The van der Waals surface area contributed by atoms with Crippen molar-refractivity contribution in [1.82, 2.24) is 24.1 Å². The zero-order valence-electron chi connectivity index (χ0n) is 39.5. The molecule has 0 radical (unpaired) electrons. The molecule has 3 heterocycles. The van der Waals surface area contributed by atoms with Crippen LogP contribution < -0.4 is 0 Å². The van der Waals surface area contributed by atoms with Crippen LogP contribution in [0, 0.1) is 29.2 Å². The maximum absolute atomic E-state index is 10.1. The van der Waals surface area contributed by atoms with Crippen LogP contribution in [-0.4, -0.2) is 24.1 Å². The van der Waals surface area contributed by atoms with Crippen molar-refractivity contribution in [3.05, 3.63) is 253 Å². The molecular formula is C66H38N8. The van der Waals surface area contributed by atoms with Crippen LogP contribution in [0.2, 0.25) is 0 Å². The molecule has 0 saturated heterocycles. The third-order valence-electron chi connectivity index (χ3n) is 13.8. The van der Waals surface area contributed by atoms with Crippen molar-refractivity contribution in [2.45, 2.75) is 0 Å². The normalized spacial score (nSPS) is 11.2. The Morgan fingerprint density at radius 2 is 0.730 bits per heavy atom. The predicted octanol–water partition coefficient (Wildman–Crippen LogP) is 16.4. The molecule has 3 aromatic heterocycles. The molecular weight excluding hydrogens is 905 g/mol. The van der Waals surface area contributed by atoms with Gasteiger partial charge in [-0.05, 0) is 89.0 Å². The van der Waals surface area contributed by atoms with Gasteiger partial charge in [0.25, 0.3) is 0 Å². The molecule has 0 aliphatic rings. The van der Waals surface area contributed by atoms with E-state index in [0.29, 0.717) is 34.3 Å². The molecule has 342 valence electrons. The van der Waals surface area contributed by atoms with E-state index in [-0.39, 0.29) is 0 Å². The Kier molecular flexibility index (Phi) is 10.5. The first-order valence-corrected chi connectivity index (χ1v) is 24.2. The van der Waals surface area contributed by atoms with E-state index in [1.54, 1.807) is 6.07 Å². The summed E-state index contributed by atoms with van der Waals surface area (Å²) in [4.78, 5) is 20.0. The zero-order chi connectivity index (χ0) is 49.7. The molecule has 0 bridgehead atoms. The Bertz CT molecular complexity index is 4210. The number of fused-ring (bicyclic) bond motifs is 6. The van der Waals surface area contributed by atoms with E-state index < -0.39 is 0 Å². The van der Waals surface area contributed by atoms with Crippen LogP contribution in [0.25, 0.3) is 127 Å². The molecule has 0 N–H and O–H groups in total. The van der Waals surface area contributed by atoms with Gasteiger partial charge in [-0.2, -0.15) is 10.5 Å². The van der Waals surface area contributed by atoms with Crippen molar-refractivity contribution < 1.29 is 0 Å². The minimum atomic E-state index is 0.456. The highest BCUT2D eigenvalue weighted by Crippen LogP contribution is 2.42. The average molecular weight is 943 g/mol. The zero-order valence-corrected chi connectivity index (χ0v) is 39.5. The summed E-state index contributed by atoms with van der Waals surface area (Å²) in [6.07, 6.45) is 0. The van der Waals surface area contributed by atoms with E-state index >= 15 is 0 Å². The summed E-state index contributed by atoms with van der Waals surface area (Å²) in [6.45, 7) is 7.90. The van der Waals surface area contributed by atoms with Crippen molar-refractivity contribution in [2.75, 3.05) is 0 Å². The molecule has 0 atom stereocenters. The Morgan fingerprint density at radius 1 is 0.338 bits per heavy atom. The first-order chi connectivity index (χ1) is 36.5. The lowest BCUT2D eigenvalue weighted by Gasteiger charge is -2.18. The van der Waals surface area contributed by atoms with Crippen LogP contribution in [0.1, 0.15) is 11.1 Å². The summed E-state index contributed by atoms with van der Waals surface area (Å²) in [5, 5.41) is 24.5. The molecule has 0 unspecified atom stereocenters. The van der Waals surface area contributed by atoms with Crippen molar-refractivity contribution >= 4 is 49.3 Å². The number of nitrogens with zero attached hydrogens (tertiary/aromatic N) is 8. The van der Waals surface area contributed by atoms with Gasteiger partial charge in [0.15, 0.2) is 23.2 Å². The monoisotopic (exact) mass is 942 g/mol. The molecule has 74 heavy (non-hydrogen) atoms. The van der Waals surface area contributed by atoms with E-state index in [9.17, 15) is 10.5 Å². The summed E-state index contributed by atoms with van der Waals surface area (Å²) in [6, 6.07) is 82.0. The summed E-state index contributed by atoms with van der Waals surface area (Å²) in [5.74, 6) is 1.37. The minimum Gasteiger partial charge on any atom is -0.309 e. The van der Waals surface area contributed by atoms with Gasteiger partial charge < -0.3 is 9.13 Å². The first-order valence-electron chi connectivity index (χ1n) is 24.2. The number of benzene rings is 10. The largest absolute Gasteiger partial charge is 0.309 e. The quantitative estimate of drug-likeness (QED) is 0.141. The molecule has 0 aliphatic heterocycles. The lowest BCUT2D eigenvalue weighted by atomic mass is 9.97. The smallest absolute Gasteiger partial charge is 0.187 e. The predicted molar refractivity (Wildman–Crippen MR) is 297 cm³/mol. The molecule has 0 aliphatic carbocycles. The van der Waals surface area contributed by atoms with E-state index in [1.807, 2.05) is 97.1 Å². The molecule has 0 saturated carbocycles. The van der Waals surface area contributed by atoms with Gasteiger partial charge in [0.1, 0.15) is 0 Å². The molecule has 10 aromatic carbocycles. The van der Waals surface area contributed by atoms with Gasteiger partial charge in [-0.15, -0.1) is 0 Å². The maximum atomic E-state index is 10.1. The fourth-order valence-corrected chi connectivity index (χ4v) is 10.5. The van der Waals surface area contributed by atoms with E-state index in [4.69, 9.17) is 21.5 Å². The van der Waals surface area contributed by atoms with Crippen LogP contribution in [0.5, 0.6) is 0 Å². The van der Waals surface area contributed by atoms with E-state index in [2.05, 4.69) is 154 Å². The number of hydrogen-bond donors (Lipinski definition) is 0. The van der Waals surface area contributed by atoms with Gasteiger partial charge in [0, 0.05) is 49.4 Å². The highest BCUT2D eigenvalue weighted by atomic mass is 15.0. The lowest BCUT2D eigenvalue weighted by molar-refractivity contribution is 1.07. The molecule has 0 spiro atoms. The second-order valence-electron chi connectivity index (χ2n) is 18.1. The summed E-state index contributed by atoms with van der Waals surface area (Å²) < 4.78 is 4.59. The second-order valence-corrected chi connectivity index (χ2v) is 18.1. The number of para-hydroxylation sites is 4. The van der Waals surface area contributed by atoms with E-state index in [1.165, 1.54) is 0 Å². The molecule has 0 fully saturated rings. The molecule has 8 nitrogen and oxygen atoms in total. The van der Waals surface area contributed by atoms with Gasteiger partial charge in [0.2, 0.25) is 0 Å². The van der Waals surface area contributed by atoms with Crippen LogP contribution in [-0.2, 0) is 0 Å².